The SMILES string of the molecule is CC1C(=O)NC(=O)NC1=O.CCCCC1C(=O)N(Cc2ccccc2)C(=O)N(c2ccccc2)C1=O.CCCCC1C(=O)NC(=O)NC1=O.CCCCN1C(=O)NC(=O)C(Cc2ccccc2)C1=O.CN1C(=O)C(c2ccccc2)C(=O)N(C)C1=O.O=C1NC(=O)N(c2ccccc2)C(=O)C1Cc1ccccc1. The molecule has 0 radical (unpaired) electrons. The van der Waals surface area contributed by atoms with E-state index in [-0.39, 0.29) is 13.0 Å². The Hall–Kier alpha value is -13.0. The monoisotopic (exact) mass is 1480 g/mol. The molecule has 6 aromatic rings. The van der Waals surface area contributed by atoms with E-state index < -0.39 is 143 Å². The highest BCUT2D eigenvalue weighted by Gasteiger charge is 2.47. The van der Waals surface area contributed by atoms with Gasteiger partial charge in [-0.1, -0.05) is 211 Å². The van der Waals surface area contributed by atoms with Crippen molar-refractivity contribution in [3.05, 3.63) is 204 Å². The van der Waals surface area contributed by atoms with Crippen LogP contribution in [0.3, 0.4) is 0 Å². The van der Waals surface area contributed by atoms with Crippen LogP contribution in [0.4, 0.5) is 40.1 Å². The molecular weight excluding hydrogens is 1390 g/mol. The Morgan fingerprint density at radius 2 is 0.676 bits per heavy atom. The second-order valence-electron chi connectivity index (χ2n) is 25.3. The minimum Gasteiger partial charge on any atom is -0.277 e. The van der Waals surface area contributed by atoms with Gasteiger partial charge in [0.25, 0.3) is 0 Å². The molecule has 6 fully saturated rings. The molecule has 6 aliphatic heterocycles. The minimum atomic E-state index is -0.913. The lowest BCUT2D eigenvalue weighted by Gasteiger charge is -2.37. The van der Waals surface area contributed by atoms with Crippen molar-refractivity contribution >= 4 is 118 Å². The molecule has 0 aromatic heterocycles. The molecule has 0 saturated carbocycles. The molecule has 3 unspecified atom stereocenters. The summed E-state index contributed by atoms with van der Waals surface area (Å²) in [6.07, 6.45) is 6.54. The second kappa shape index (κ2) is 39.7. The zero-order valence-corrected chi connectivity index (χ0v) is 60.3. The van der Waals surface area contributed by atoms with Crippen molar-refractivity contribution in [2.45, 2.75) is 104 Å². The van der Waals surface area contributed by atoms with E-state index in [9.17, 15) is 86.3 Å². The van der Waals surface area contributed by atoms with Gasteiger partial charge in [0.1, 0.15) is 35.5 Å². The van der Waals surface area contributed by atoms with Crippen LogP contribution in [0.15, 0.2) is 182 Å². The van der Waals surface area contributed by atoms with Crippen molar-refractivity contribution in [1.29, 1.82) is 0 Å². The highest BCUT2D eigenvalue weighted by atomic mass is 16.2. The smallest absolute Gasteiger partial charge is 0.277 e. The van der Waals surface area contributed by atoms with Gasteiger partial charge in [-0.3, -0.25) is 109 Å². The molecule has 564 valence electrons. The number of hydrogen-bond acceptors (Lipinski definition) is 18. The Bertz CT molecular complexity index is 4260. The third-order valence-corrected chi connectivity index (χ3v) is 17.6. The van der Waals surface area contributed by atoms with Crippen molar-refractivity contribution in [2.75, 3.05) is 30.4 Å². The van der Waals surface area contributed by atoms with Gasteiger partial charge in [-0.2, -0.15) is 0 Å². The number of rotatable bonds is 18. The highest BCUT2D eigenvalue weighted by Crippen LogP contribution is 2.30. The number of barbiturate groups is 6. The van der Waals surface area contributed by atoms with Crippen LogP contribution in [0, 0.1) is 29.6 Å². The van der Waals surface area contributed by atoms with Crippen molar-refractivity contribution in [3.63, 3.8) is 0 Å². The molecule has 0 bridgehead atoms. The lowest BCUT2D eigenvalue weighted by molar-refractivity contribution is -0.144. The molecule has 12 rings (SSSR count). The lowest BCUT2D eigenvalue weighted by Crippen LogP contribution is -2.59. The van der Waals surface area contributed by atoms with Crippen LogP contribution in [0.2, 0.25) is 0 Å². The first kappa shape index (κ1) is 82.3. The molecule has 6 heterocycles. The second-order valence-corrected chi connectivity index (χ2v) is 25.3. The molecule has 0 aliphatic carbocycles. The van der Waals surface area contributed by atoms with Crippen molar-refractivity contribution in [3.8, 4) is 0 Å². The van der Waals surface area contributed by atoms with Crippen molar-refractivity contribution < 1.29 is 86.3 Å². The number of para-hydroxylation sites is 2. The Labute approximate surface area is 622 Å². The predicted molar refractivity (Wildman–Crippen MR) is 390 cm³/mol. The van der Waals surface area contributed by atoms with E-state index in [0.29, 0.717) is 42.7 Å². The highest BCUT2D eigenvalue weighted by molar-refractivity contribution is 6.29. The van der Waals surface area contributed by atoms with E-state index in [2.05, 4.69) is 21.3 Å². The molecule has 30 nitrogen and oxygen atoms in total. The summed E-state index contributed by atoms with van der Waals surface area (Å²) in [5.41, 5.74) is 4.19. The van der Waals surface area contributed by atoms with Crippen LogP contribution in [-0.2, 0) is 76.9 Å². The molecule has 0 spiro atoms. The average Bonchev–Trinajstić information content (AvgIpc) is 0.783. The molecule has 3 atom stereocenters. The number of nitrogens with zero attached hydrogens (tertiary/aromatic N) is 6. The van der Waals surface area contributed by atoms with Crippen molar-refractivity contribution in [2.24, 2.45) is 29.6 Å². The summed E-state index contributed by atoms with van der Waals surface area (Å²) in [6.45, 7) is 7.93. The maximum Gasteiger partial charge on any atom is 0.338 e. The number of carbonyl (C=O) groups excluding carboxylic acids is 18. The summed E-state index contributed by atoms with van der Waals surface area (Å²) in [7, 11) is 2.76. The van der Waals surface area contributed by atoms with Gasteiger partial charge in [0.15, 0.2) is 0 Å². The number of unbranched alkanes of at least 4 members (excludes halogenated alkanes) is 3. The third-order valence-electron chi connectivity index (χ3n) is 17.6. The number of likely N-dealkylation sites (N-methyl/N-ethyl adjacent to an activating group) is 2. The van der Waals surface area contributed by atoms with Gasteiger partial charge in [-0.15, -0.1) is 0 Å². The number of amides is 24. The van der Waals surface area contributed by atoms with E-state index >= 15 is 0 Å². The number of hydrogen-bond donors (Lipinski definition) is 6. The molecule has 6 saturated heterocycles. The van der Waals surface area contributed by atoms with Gasteiger partial charge in [0, 0.05) is 20.6 Å². The molecule has 6 N–H and O–H groups in total. The largest absolute Gasteiger partial charge is 0.338 e. The van der Waals surface area contributed by atoms with E-state index in [0.717, 1.165) is 79.7 Å². The van der Waals surface area contributed by atoms with E-state index in [1.807, 2.05) is 128 Å². The first-order chi connectivity index (χ1) is 51.7. The van der Waals surface area contributed by atoms with Crippen LogP contribution in [0.1, 0.15) is 107 Å². The quantitative estimate of drug-likeness (QED) is 0.0447. The Morgan fingerprint density at radius 1 is 0.324 bits per heavy atom. The summed E-state index contributed by atoms with van der Waals surface area (Å²) in [5, 5.41) is 12.5. The maximum absolute atomic E-state index is 13.0. The Kier molecular flexibility index (Phi) is 30.3. The average molecular weight is 1480 g/mol. The van der Waals surface area contributed by atoms with Crippen LogP contribution >= 0.6 is 0 Å². The van der Waals surface area contributed by atoms with E-state index in [1.54, 1.807) is 84.9 Å². The molecular formula is C78H84N12O18. The lowest BCUT2D eigenvalue weighted by atomic mass is 9.95. The van der Waals surface area contributed by atoms with E-state index in [4.69, 9.17) is 0 Å². The predicted octanol–water partition coefficient (Wildman–Crippen LogP) is 7.81. The topological polar surface area (TPSA) is 399 Å². The number of imide groups is 12. The molecule has 24 amide bonds. The number of urea groups is 6. The normalized spacial score (nSPS) is 18.4. The van der Waals surface area contributed by atoms with Crippen LogP contribution in [0.25, 0.3) is 0 Å². The molecule has 6 aliphatic rings. The fourth-order valence-electron chi connectivity index (χ4n) is 11.5. The zero-order chi connectivity index (χ0) is 78.7. The molecule has 6 aromatic carbocycles. The summed E-state index contributed by atoms with van der Waals surface area (Å²) in [5.74, 6) is -10.7. The summed E-state index contributed by atoms with van der Waals surface area (Å²) in [6, 6.07) is 50.1. The maximum atomic E-state index is 13.0. The van der Waals surface area contributed by atoms with Gasteiger partial charge in [-0.05, 0) is 85.5 Å². The standard InChI is InChI=1S/C21H22N2O3.C17H14N2O3.C15H18N2O3.C12H12N2O3.C8H12N2O3.C5H6N2O3/c1-2-3-14-18-19(24)22(15-16-10-6-4-7-11-16)21(26)23(20(18)25)17-12-8-5-9-13-17;20-15-14(11-12-7-3-1-4-8-12)16(21)19(17(22)18-15)13-9-5-2-6-10-13;1-2-3-9-17-14(19)12(13(18)16-15(17)20)10-11-7-5-4-6-8-11;1-13-10(15)9(8-6-4-3-5-7-8)11(16)14(2)12(13)17;1-2-3-4-5-6(11)9-8(13)10-7(5)12;1-2-3(8)6-5(10)7-4(2)9/h4-13,18H,2-3,14-15H2,1H3;1-10,14H,11H2,(H,18,20,22);4-8,12H,2-3,9-10H2,1H3,(H,16,18,20);3-7,9H,1-2H3;5H,2-4H2,1H3,(H2,9,10,11,12,13);2H,1H3,(H2,6,7,8,9,10). The number of anilines is 2. The van der Waals surface area contributed by atoms with E-state index in [1.165, 1.54) is 25.9 Å². The van der Waals surface area contributed by atoms with Gasteiger partial charge in [-0.25, -0.2) is 38.6 Å². The van der Waals surface area contributed by atoms with Crippen LogP contribution < -0.4 is 41.7 Å². The van der Waals surface area contributed by atoms with Gasteiger partial charge in [0.2, 0.25) is 70.9 Å². The summed E-state index contributed by atoms with van der Waals surface area (Å²) < 4.78 is 0. The van der Waals surface area contributed by atoms with Gasteiger partial charge >= 0.3 is 36.2 Å². The number of benzene rings is 6. The summed E-state index contributed by atoms with van der Waals surface area (Å²) >= 11 is 0. The van der Waals surface area contributed by atoms with Crippen LogP contribution in [0.5, 0.6) is 0 Å². The number of carbonyl (C=O) groups is 18. The molecule has 30 heteroatoms. The van der Waals surface area contributed by atoms with Gasteiger partial charge in [0.05, 0.1) is 17.9 Å². The summed E-state index contributed by atoms with van der Waals surface area (Å²) in [4.78, 5) is 218. The van der Waals surface area contributed by atoms with Crippen molar-refractivity contribution in [1.82, 2.24) is 51.5 Å². The fraction of sp³-hybridized carbons (Fsp3) is 0.308. The first-order valence-corrected chi connectivity index (χ1v) is 34.9. The Balaban J connectivity index is 0.000000185. The fourth-order valence-corrected chi connectivity index (χ4v) is 11.5. The minimum absolute atomic E-state index is 0.164. The third kappa shape index (κ3) is 21.6. The zero-order valence-electron chi connectivity index (χ0n) is 60.3. The first-order valence-electron chi connectivity index (χ1n) is 34.9. The van der Waals surface area contributed by atoms with Crippen LogP contribution in [-0.4, -0.2) is 147 Å². The van der Waals surface area contributed by atoms with Gasteiger partial charge < -0.3 is 0 Å². The molecule has 108 heavy (non-hydrogen) atoms. The Morgan fingerprint density at radius 3 is 1.12 bits per heavy atom. The number of nitrogens with one attached hydrogen (secondary N) is 6.